The van der Waals surface area contributed by atoms with Gasteiger partial charge in [0, 0.05) is 31.6 Å². The summed E-state index contributed by atoms with van der Waals surface area (Å²) >= 11 is 5.63. The van der Waals surface area contributed by atoms with E-state index in [1.54, 1.807) is 0 Å². The van der Waals surface area contributed by atoms with E-state index in [0.717, 1.165) is 49.8 Å². The lowest BCUT2D eigenvalue weighted by Gasteiger charge is -2.45. The van der Waals surface area contributed by atoms with E-state index in [0.29, 0.717) is 0 Å². The van der Waals surface area contributed by atoms with E-state index >= 15 is 0 Å². The summed E-state index contributed by atoms with van der Waals surface area (Å²) in [6.07, 6.45) is 5.23. The van der Waals surface area contributed by atoms with Crippen LogP contribution in [0.3, 0.4) is 0 Å². The number of hydrogen-bond acceptors (Lipinski definition) is 2. The summed E-state index contributed by atoms with van der Waals surface area (Å²) in [5.41, 5.74) is 8.94. The molecule has 4 N–H and O–H groups in total. The number of nitrogens with zero attached hydrogens (tertiary/aromatic N) is 1. The Kier molecular flexibility index (Phi) is 5.82. The summed E-state index contributed by atoms with van der Waals surface area (Å²) in [5, 5.41) is 4.10. The predicted molar refractivity (Wildman–Crippen MR) is 109 cm³/mol. The molecule has 1 amide bonds. The van der Waals surface area contributed by atoms with Crippen LogP contribution in [0.15, 0.2) is 18.2 Å². The second-order valence-corrected chi connectivity index (χ2v) is 8.29. The third-order valence-corrected chi connectivity index (χ3v) is 6.34. The van der Waals surface area contributed by atoms with Gasteiger partial charge in [0.1, 0.15) is 0 Å². The van der Waals surface area contributed by atoms with Gasteiger partial charge in [-0.25, -0.2) is 0 Å². The van der Waals surface area contributed by atoms with Crippen LogP contribution in [0, 0.1) is 13.8 Å². The van der Waals surface area contributed by atoms with Crippen LogP contribution in [0.25, 0.3) is 0 Å². The van der Waals surface area contributed by atoms with Gasteiger partial charge in [0.2, 0.25) is 0 Å². The molecule has 2 heterocycles. The van der Waals surface area contributed by atoms with Crippen LogP contribution in [0.1, 0.15) is 43.2 Å². The SMILES string of the molecule is Cc1cc(C)cc(NC(=S)N2CCC(C(N)=O)([NH+]3CCCCC3)CC2)c1. The highest BCUT2D eigenvalue weighted by Gasteiger charge is 2.49. The minimum Gasteiger partial charge on any atom is -0.364 e. The van der Waals surface area contributed by atoms with Crippen molar-refractivity contribution in [2.45, 2.75) is 51.5 Å². The summed E-state index contributed by atoms with van der Waals surface area (Å²) in [6, 6.07) is 6.36. The third-order valence-electron chi connectivity index (χ3n) is 5.98. The number of thiocarbonyl (C=S) groups is 1. The first-order valence-corrected chi connectivity index (χ1v) is 10.1. The minimum absolute atomic E-state index is 0.137. The highest BCUT2D eigenvalue weighted by atomic mass is 32.1. The smallest absolute Gasteiger partial charge is 0.278 e. The summed E-state index contributed by atoms with van der Waals surface area (Å²) in [6.45, 7) is 7.87. The number of likely N-dealkylation sites (tertiary alicyclic amines) is 2. The first kappa shape index (κ1) is 19.1. The molecule has 2 aliphatic rings. The molecule has 0 aromatic heterocycles. The molecule has 0 unspecified atom stereocenters. The molecule has 1 aromatic rings. The van der Waals surface area contributed by atoms with Crippen molar-refractivity contribution in [3.05, 3.63) is 29.3 Å². The van der Waals surface area contributed by atoms with Gasteiger partial charge in [-0.1, -0.05) is 6.07 Å². The highest BCUT2D eigenvalue weighted by Crippen LogP contribution is 2.22. The standard InChI is InChI=1S/C20H30N4OS/c1-15-12-16(2)14-17(13-15)22-19(26)23-10-6-20(7-11-23,18(21)25)24-8-4-3-5-9-24/h12-14H,3-11H2,1-2H3,(H2,21,25)(H,22,26)/p+1. The fraction of sp³-hybridized carbons (Fsp3) is 0.600. The Morgan fingerprint density at radius 3 is 2.23 bits per heavy atom. The number of nitrogens with one attached hydrogen (secondary N) is 2. The van der Waals surface area contributed by atoms with Crippen LogP contribution < -0.4 is 16.0 Å². The van der Waals surface area contributed by atoms with Crippen molar-refractivity contribution >= 4 is 28.9 Å². The maximum Gasteiger partial charge on any atom is 0.278 e. The van der Waals surface area contributed by atoms with Gasteiger partial charge in [-0.2, -0.15) is 0 Å². The number of carbonyl (C=O) groups is 1. The number of quaternary nitrogens is 1. The Morgan fingerprint density at radius 2 is 1.69 bits per heavy atom. The van der Waals surface area contributed by atoms with E-state index in [-0.39, 0.29) is 5.91 Å². The number of rotatable bonds is 3. The first-order valence-electron chi connectivity index (χ1n) is 9.70. The zero-order chi connectivity index (χ0) is 18.7. The quantitative estimate of drug-likeness (QED) is 0.699. The molecule has 26 heavy (non-hydrogen) atoms. The van der Waals surface area contributed by atoms with E-state index in [9.17, 15) is 4.79 Å². The molecule has 0 radical (unpaired) electrons. The van der Waals surface area contributed by atoms with Gasteiger partial charge in [-0.15, -0.1) is 0 Å². The van der Waals surface area contributed by atoms with Crippen LogP contribution in [0.2, 0.25) is 0 Å². The predicted octanol–water partition coefficient (Wildman–Crippen LogP) is 1.39. The molecule has 2 aliphatic heterocycles. The van der Waals surface area contributed by atoms with Crippen molar-refractivity contribution in [2.24, 2.45) is 5.73 Å². The van der Waals surface area contributed by atoms with Gasteiger partial charge in [-0.3, -0.25) is 4.79 Å². The molecule has 5 nitrogen and oxygen atoms in total. The van der Waals surface area contributed by atoms with Crippen molar-refractivity contribution in [3.63, 3.8) is 0 Å². The lowest BCUT2D eigenvalue weighted by molar-refractivity contribution is -0.948. The van der Waals surface area contributed by atoms with Crippen LogP contribution in [-0.4, -0.2) is 47.6 Å². The zero-order valence-electron chi connectivity index (χ0n) is 15.9. The van der Waals surface area contributed by atoms with Crippen molar-refractivity contribution in [1.82, 2.24) is 4.90 Å². The molecule has 0 aliphatic carbocycles. The van der Waals surface area contributed by atoms with E-state index in [1.807, 2.05) is 0 Å². The fourth-order valence-electron chi connectivity index (χ4n) is 4.57. The van der Waals surface area contributed by atoms with Gasteiger partial charge < -0.3 is 20.9 Å². The second-order valence-electron chi connectivity index (χ2n) is 7.90. The lowest BCUT2D eigenvalue weighted by Crippen LogP contribution is -3.22. The Balaban J connectivity index is 1.64. The summed E-state index contributed by atoms with van der Waals surface area (Å²) in [7, 11) is 0. The Hall–Kier alpha value is -1.66. The summed E-state index contributed by atoms with van der Waals surface area (Å²) in [5.74, 6) is -0.137. The topological polar surface area (TPSA) is 62.8 Å². The van der Waals surface area contributed by atoms with E-state index in [2.05, 4.69) is 42.3 Å². The van der Waals surface area contributed by atoms with Crippen LogP contribution in [-0.2, 0) is 4.79 Å². The third kappa shape index (κ3) is 4.01. The van der Waals surface area contributed by atoms with Crippen LogP contribution in [0.4, 0.5) is 5.69 Å². The molecule has 0 bridgehead atoms. The van der Waals surface area contributed by atoms with Crippen molar-refractivity contribution in [3.8, 4) is 0 Å². The van der Waals surface area contributed by atoms with Crippen molar-refractivity contribution in [2.75, 3.05) is 31.5 Å². The Morgan fingerprint density at radius 1 is 1.12 bits per heavy atom. The average molecular weight is 376 g/mol. The Labute approximate surface area is 161 Å². The van der Waals surface area contributed by atoms with Crippen molar-refractivity contribution in [1.29, 1.82) is 0 Å². The fourth-order valence-corrected chi connectivity index (χ4v) is 4.87. The highest BCUT2D eigenvalue weighted by molar-refractivity contribution is 7.80. The molecule has 0 atom stereocenters. The summed E-state index contributed by atoms with van der Waals surface area (Å²) < 4.78 is 0. The number of nitrogens with two attached hydrogens (primary N) is 1. The largest absolute Gasteiger partial charge is 0.364 e. The molecule has 2 saturated heterocycles. The number of amides is 1. The van der Waals surface area contributed by atoms with Crippen molar-refractivity contribution < 1.29 is 9.69 Å². The Bertz CT molecular complexity index is 656. The minimum atomic E-state index is -0.410. The number of carbonyl (C=O) groups excluding carboxylic acids is 1. The molecule has 2 fully saturated rings. The number of piperidine rings is 2. The molecule has 6 heteroatoms. The number of aryl methyl sites for hydroxylation is 2. The monoisotopic (exact) mass is 375 g/mol. The molecule has 0 spiro atoms. The van der Waals surface area contributed by atoms with Gasteiger partial charge in [0.05, 0.1) is 13.1 Å². The molecular formula is C20H31N4OS+. The number of benzene rings is 1. The van der Waals surface area contributed by atoms with E-state index < -0.39 is 5.54 Å². The molecule has 142 valence electrons. The molecular weight excluding hydrogens is 344 g/mol. The molecule has 0 saturated carbocycles. The van der Waals surface area contributed by atoms with Gasteiger partial charge >= 0.3 is 0 Å². The summed E-state index contributed by atoms with van der Waals surface area (Å²) in [4.78, 5) is 15.9. The van der Waals surface area contributed by atoms with Crippen LogP contribution >= 0.6 is 12.2 Å². The molecule has 1 aromatic carbocycles. The maximum absolute atomic E-state index is 12.4. The lowest BCUT2D eigenvalue weighted by atomic mass is 9.83. The number of anilines is 1. The normalized spacial score (nSPS) is 20.6. The number of hydrogen-bond donors (Lipinski definition) is 3. The van der Waals surface area contributed by atoms with Gasteiger partial charge in [-0.05, 0) is 68.6 Å². The van der Waals surface area contributed by atoms with Crippen LogP contribution in [0.5, 0.6) is 0 Å². The molecule has 3 rings (SSSR count). The zero-order valence-corrected chi connectivity index (χ0v) is 16.8. The average Bonchev–Trinajstić information content (AvgIpc) is 2.61. The van der Waals surface area contributed by atoms with Gasteiger partial charge in [0.15, 0.2) is 10.7 Å². The number of primary amides is 1. The van der Waals surface area contributed by atoms with Gasteiger partial charge in [0.25, 0.3) is 5.91 Å². The maximum atomic E-state index is 12.4. The second kappa shape index (κ2) is 7.92. The van der Waals surface area contributed by atoms with E-state index in [1.165, 1.54) is 35.3 Å². The van der Waals surface area contributed by atoms with E-state index in [4.69, 9.17) is 18.0 Å². The first-order chi connectivity index (χ1) is 12.4.